The minimum atomic E-state index is -0.343. The first-order valence-corrected chi connectivity index (χ1v) is 13.7. The van der Waals surface area contributed by atoms with Crippen molar-refractivity contribution in [2.24, 2.45) is 0 Å². The van der Waals surface area contributed by atoms with Gasteiger partial charge in [0.15, 0.2) is 0 Å². The fourth-order valence-electron chi connectivity index (χ4n) is 6.13. The van der Waals surface area contributed by atoms with E-state index in [1.54, 1.807) is 30.6 Å². The van der Waals surface area contributed by atoms with Crippen LogP contribution in [0.1, 0.15) is 20.7 Å². The van der Waals surface area contributed by atoms with Crippen molar-refractivity contribution < 1.29 is 9.59 Å². The molecule has 0 atom stereocenters. The minimum absolute atomic E-state index is 0.330. The number of anilines is 1. The SMILES string of the molecule is O=C1c2cccc(-n3c4c(-c5cccnc5)cccc4c4cccc(-c5cccnc5)c43)c2C(=O)N1c1ccccc1. The van der Waals surface area contributed by atoms with Crippen LogP contribution in [0.15, 0.2) is 134 Å². The molecule has 0 radical (unpaired) electrons. The number of para-hydroxylation sites is 3. The number of nitrogens with zero attached hydrogens (tertiary/aromatic N) is 4. The number of carbonyl (C=O) groups is 2. The highest BCUT2D eigenvalue weighted by Crippen LogP contribution is 2.43. The van der Waals surface area contributed by atoms with Gasteiger partial charge < -0.3 is 4.57 Å². The third-order valence-corrected chi connectivity index (χ3v) is 7.90. The molecule has 0 fully saturated rings. The van der Waals surface area contributed by atoms with Gasteiger partial charge in [-0.2, -0.15) is 0 Å². The van der Waals surface area contributed by atoms with Crippen LogP contribution in [0.2, 0.25) is 0 Å². The minimum Gasteiger partial charge on any atom is -0.307 e. The zero-order valence-electron chi connectivity index (χ0n) is 22.3. The summed E-state index contributed by atoms with van der Waals surface area (Å²) in [6.07, 6.45) is 7.21. The predicted molar refractivity (Wildman–Crippen MR) is 165 cm³/mol. The van der Waals surface area contributed by atoms with Gasteiger partial charge in [-0.25, -0.2) is 4.90 Å². The fourth-order valence-corrected chi connectivity index (χ4v) is 6.13. The topological polar surface area (TPSA) is 68.1 Å². The summed E-state index contributed by atoms with van der Waals surface area (Å²) in [5.74, 6) is -0.673. The molecule has 0 unspecified atom stereocenters. The van der Waals surface area contributed by atoms with E-state index in [1.165, 1.54) is 4.90 Å². The molecule has 198 valence electrons. The molecule has 7 aromatic rings. The smallest absolute Gasteiger partial charge is 0.268 e. The summed E-state index contributed by atoms with van der Waals surface area (Å²) in [4.78, 5) is 37.9. The van der Waals surface area contributed by atoms with Gasteiger partial charge in [-0.15, -0.1) is 0 Å². The van der Waals surface area contributed by atoms with Crippen molar-refractivity contribution >= 4 is 39.3 Å². The number of amides is 2. The largest absolute Gasteiger partial charge is 0.307 e. The molecule has 0 saturated heterocycles. The predicted octanol–water partition coefficient (Wildman–Crippen LogP) is 7.71. The molecule has 0 spiro atoms. The Morgan fingerprint density at radius 3 is 1.64 bits per heavy atom. The Balaban J connectivity index is 1.51. The van der Waals surface area contributed by atoms with E-state index in [9.17, 15) is 9.59 Å². The molecule has 0 aliphatic carbocycles. The highest BCUT2D eigenvalue weighted by Gasteiger charge is 2.39. The van der Waals surface area contributed by atoms with E-state index in [-0.39, 0.29) is 11.8 Å². The van der Waals surface area contributed by atoms with Gasteiger partial charge in [-0.05, 0) is 36.4 Å². The third-order valence-electron chi connectivity index (χ3n) is 7.90. The van der Waals surface area contributed by atoms with Gasteiger partial charge in [0.25, 0.3) is 11.8 Å². The molecule has 3 aromatic heterocycles. The van der Waals surface area contributed by atoms with Gasteiger partial charge in [-0.1, -0.05) is 72.8 Å². The number of pyridine rings is 2. The van der Waals surface area contributed by atoms with Gasteiger partial charge in [0, 0.05) is 57.8 Å². The molecular formula is C36H22N4O2. The maximum absolute atomic E-state index is 14.2. The molecule has 1 aliphatic heterocycles. The molecule has 1 aliphatic rings. The monoisotopic (exact) mass is 542 g/mol. The van der Waals surface area contributed by atoms with Crippen molar-refractivity contribution in [2.75, 3.05) is 4.90 Å². The third kappa shape index (κ3) is 3.45. The summed E-state index contributed by atoms with van der Waals surface area (Å²) in [7, 11) is 0. The lowest BCUT2D eigenvalue weighted by atomic mass is 10.0. The number of hydrogen-bond acceptors (Lipinski definition) is 4. The second-order valence-electron chi connectivity index (χ2n) is 10.2. The lowest BCUT2D eigenvalue weighted by Crippen LogP contribution is -2.29. The quantitative estimate of drug-likeness (QED) is 0.214. The molecule has 4 aromatic carbocycles. The maximum Gasteiger partial charge on any atom is 0.268 e. The van der Waals surface area contributed by atoms with Gasteiger partial charge in [0.05, 0.1) is 33.5 Å². The van der Waals surface area contributed by atoms with Crippen LogP contribution in [0.25, 0.3) is 49.7 Å². The molecule has 0 saturated carbocycles. The van der Waals surface area contributed by atoms with Crippen LogP contribution in [0, 0.1) is 0 Å². The Morgan fingerprint density at radius 2 is 1.07 bits per heavy atom. The second-order valence-corrected chi connectivity index (χ2v) is 10.2. The van der Waals surface area contributed by atoms with Crippen LogP contribution < -0.4 is 4.90 Å². The van der Waals surface area contributed by atoms with Crippen molar-refractivity contribution in [3.63, 3.8) is 0 Å². The Kier molecular flexibility index (Phi) is 5.34. The first-order valence-electron chi connectivity index (χ1n) is 13.7. The van der Waals surface area contributed by atoms with E-state index in [2.05, 4.69) is 38.8 Å². The van der Waals surface area contributed by atoms with Crippen LogP contribution in [-0.4, -0.2) is 26.3 Å². The summed E-state index contributed by atoms with van der Waals surface area (Å²) in [6, 6.07) is 35.0. The van der Waals surface area contributed by atoms with E-state index >= 15 is 0 Å². The Bertz CT molecular complexity index is 2080. The van der Waals surface area contributed by atoms with Gasteiger partial charge in [-0.3, -0.25) is 19.6 Å². The van der Waals surface area contributed by atoms with Crippen LogP contribution in [-0.2, 0) is 0 Å². The molecule has 6 nitrogen and oxygen atoms in total. The Hall–Kier alpha value is -5.88. The zero-order valence-corrected chi connectivity index (χ0v) is 22.3. The number of fused-ring (bicyclic) bond motifs is 4. The summed E-state index contributed by atoms with van der Waals surface area (Å²) < 4.78 is 2.15. The molecule has 4 heterocycles. The lowest BCUT2D eigenvalue weighted by molar-refractivity contribution is 0.0926. The van der Waals surface area contributed by atoms with E-state index in [0.29, 0.717) is 22.5 Å². The van der Waals surface area contributed by atoms with E-state index in [1.807, 2.05) is 79.1 Å². The van der Waals surface area contributed by atoms with Crippen LogP contribution in [0.3, 0.4) is 0 Å². The maximum atomic E-state index is 14.2. The second kappa shape index (κ2) is 9.35. The van der Waals surface area contributed by atoms with Crippen LogP contribution in [0.4, 0.5) is 5.69 Å². The van der Waals surface area contributed by atoms with E-state index in [0.717, 1.165) is 44.1 Å². The van der Waals surface area contributed by atoms with E-state index < -0.39 is 0 Å². The van der Waals surface area contributed by atoms with Gasteiger partial charge in [0.2, 0.25) is 0 Å². The van der Waals surface area contributed by atoms with Crippen molar-refractivity contribution in [1.82, 2.24) is 14.5 Å². The first-order chi connectivity index (χ1) is 20.7. The molecular weight excluding hydrogens is 520 g/mol. The van der Waals surface area contributed by atoms with Crippen molar-refractivity contribution in [3.05, 3.63) is 145 Å². The van der Waals surface area contributed by atoms with Crippen molar-refractivity contribution in [1.29, 1.82) is 0 Å². The molecule has 0 bridgehead atoms. The number of rotatable bonds is 4. The van der Waals surface area contributed by atoms with Crippen molar-refractivity contribution in [3.8, 4) is 27.9 Å². The Morgan fingerprint density at radius 1 is 0.500 bits per heavy atom. The standard InChI is InChI=1S/C36H22N4O2/c41-35-30-17-6-18-31(32(30)36(42)39(35)25-11-2-1-3-12-25)40-33-26(23-9-7-19-37-21-23)13-4-15-28(33)29-16-5-14-27(34(29)40)24-10-8-20-38-22-24/h1-22H. The van der Waals surface area contributed by atoms with Crippen LogP contribution >= 0.6 is 0 Å². The molecule has 2 amide bonds. The Labute approximate surface area is 241 Å². The number of carbonyl (C=O) groups excluding carboxylic acids is 2. The van der Waals surface area contributed by atoms with E-state index in [4.69, 9.17) is 0 Å². The van der Waals surface area contributed by atoms with Crippen molar-refractivity contribution in [2.45, 2.75) is 0 Å². The summed E-state index contributed by atoms with van der Waals surface area (Å²) in [5, 5.41) is 2.07. The average Bonchev–Trinajstić information content (AvgIpc) is 3.53. The number of benzene rings is 4. The first kappa shape index (κ1) is 24.0. The highest BCUT2D eigenvalue weighted by atomic mass is 16.2. The molecule has 6 heteroatoms. The fraction of sp³-hybridized carbons (Fsp3) is 0. The molecule has 42 heavy (non-hydrogen) atoms. The normalized spacial score (nSPS) is 12.8. The summed E-state index contributed by atoms with van der Waals surface area (Å²) >= 11 is 0. The number of hydrogen-bond donors (Lipinski definition) is 0. The summed E-state index contributed by atoms with van der Waals surface area (Å²) in [6.45, 7) is 0. The average molecular weight is 543 g/mol. The lowest BCUT2D eigenvalue weighted by Gasteiger charge is -2.16. The molecule has 8 rings (SSSR count). The van der Waals surface area contributed by atoms with Gasteiger partial charge >= 0.3 is 0 Å². The van der Waals surface area contributed by atoms with Gasteiger partial charge in [0.1, 0.15) is 0 Å². The highest BCUT2D eigenvalue weighted by molar-refractivity contribution is 6.36. The van der Waals surface area contributed by atoms with Crippen LogP contribution in [0.5, 0.6) is 0 Å². The zero-order chi connectivity index (χ0) is 28.2. The number of aromatic nitrogens is 3. The molecule has 0 N–H and O–H groups in total. The number of imide groups is 1. The summed E-state index contributed by atoms with van der Waals surface area (Å²) in [5.41, 5.74) is 7.69.